The van der Waals surface area contributed by atoms with E-state index >= 15 is 0 Å². The maximum atomic E-state index is 13.1. The number of aliphatic hydroxyl groups excluding tert-OH is 1. The fraction of sp³-hybridized carbons (Fsp3) is 0.533. The van der Waals surface area contributed by atoms with Crippen LogP contribution in [0.5, 0.6) is 0 Å². The van der Waals surface area contributed by atoms with Crippen molar-refractivity contribution < 1.29 is 27.9 Å². The predicted molar refractivity (Wildman–Crippen MR) is 230 cm³/mol. The molecule has 4 fully saturated rings. The Morgan fingerprint density at radius 1 is 0.887 bits per heavy atom. The normalized spacial score (nSPS) is 22.4. The number of imide groups is 1. The Bertz CT molecular complexity index is 2480. The molecule has 3 aromatic heterocycles. The van der Waals surface area contributed by atoms with Crippen LogP contribution in [0.3, 0.4) is 0 Å². The topological polar surface area (TPSA) is 146 Å². The third-order valence-corrected chi connectivity index (χ3v) is 13.5. The third kappa shape index (κ3) is 9.03. The van der Waals surface area contributed by atoms with Crippen molar-refractivity contribution in [2.45, 2.75) is 94.7 Å². The van der Waals surface area contributed by atoms with Crippen LogP contribution in [0.2, 0.25) is 0 Å². The maximum Gasteiger partial charge on any atom is 0.390 e. The van der Waals surface area contributed by atoms with E-state index < -0.39 is 24.5 Å². The maximum absolute atomic E-state index is 13.1. The number of nitrogens with zero attached hydrogens (tertiary/aromatic N) is 8. The second-order valence-corrected chi connectivity index (χ2v) is 17.7. The average Bonchev–Trinajstić information content (AvgIpc) is 3.73. The van der Waals surface area contributed by atoms with Crippen LogP contribution in [0.1, 0.15) is 74.6 Å². The molecule has 0 radical (unpaired) electrons. The Balaban J connectivity index is 0.747. The molecule has 4 aliphatic rings. The standard InChI is InChI=1S/C45H55F3N10O4/c1-53-39-23-29(6-13-37(39)58(44(53)62)38-14-15-40(60)51-42(38)61)3-2-18-55-26-33(27-55)56-21-19-54(20-22-56)25-30-4-7-31(8-5-30)36-28-57(32-9-11-34(59)12-10-32)41-35(36)24-50-43(52-41)49-17-16-45(46,47)48/h4-8,13,23-24,28,32-34,38,59H,2-3,9-12,14-22,25-27H2,1H3,(H,49,50,52)(H,51,60,61)/t32?,34?,38-/m0/s1. The van der Waals surface area contributed by atoms with E-state index in [-0.39, 0.29) is 42.7 Å². The van der Waals surface area contributed by atoms with E-state index in [2.05, 4.69) is 76.4 Å². The predicted octanol–water partition coefficient (Wildman–Crippen LogP) is 5.00. The van der Waals surface area contributed by atoms with Gasteiger partial charge in [0.1, 0.15) is 11.7 Å². The van der Waals surface area contributed by atoms with Gasteiger partial charge in [0.2, 0.25) is 17.8 Å². The zero-order valence-electron chi connectivity index (χ0n) is 35.1. The van der Waals surface area contributed by atoms with Crippen molar-refractivity contribution in [1.29, 1.82) is 0 Å². The summed E-state index contributed by atoms with van der Waals surface area (Å²) < 4.78 is 43.6. The van der Waals surface area contributed by atoms with E-state index in [9.17, 15) is 32.7 Å². The number of imidazole rings is 1. The van der Waals surface area contributed by atoms with Gasteiger partial charge in [0.05, 0.1) is 23.6 Å². The van der Waals surface area contributed by atoms with Gasteiger partial charge in [-0.3, -0.25) is 33.8 Å². The van der Waals surface area contributed by atoms with E-state index in [0.29, 0.717) is 36.5 Å². The Labute approximate surface area is 357 Å². The molecule has 0 bridgehead atoms. The number of rotatable bonds is 13. The molecule has 0 spiro atoms. The van der Waals surface area contributed by atoms with Gasteiger partial charge in [-0.15, -0.1) is 0 Å². The summed E-state index contributed by atoms with van der Waals surface area (Å²) in [7, 11) is 1.73. The van der Waals surface area contributed by atoms with Crippen molar-refractivity contribution in [3.63, 3.8) is 0 Å². The van der Waals surface area contributed by atoms with Crippen LogP contribution in [-0.2, 0) is 29.6 Å². The molecule has 62 heavy (non-hydrogen) atoms. The highest BCUT2D eigenvalue weighted by Gasteiger charge is 2.34. The SMILES string of the molecule is Cn1c(=O)n([C@H]2CCC(=O)NC2=O)c2ccc(CCCN3CC(N4CCN(Cc5ccc(-c6cn(C7CCC(O)CC7)c7nc(NCCC(F)(F)F)ncc67)cc5)CC4)C3)cc21. The summed E-state index contributed by atoms with van der Waals surface area (Å²) >= 11 is 0. The summed E-state index contributed by atoms with van der Waals surface area (Å²) in [5, 5.41) is 16.1. The van der Waals surface area contributed by atoms with Crippen molar-refractivity contribution in [3.8, 4) is 11.1 Å². The molecule has 0 unspecified atom stereocenters. The zero-order valence-corrected chi connectivity index (χ0v) is 35.1. The Morgan fingerprint density at radius 2 is 1.63 bits per heavy atom. The molecule has 14 nitrogen and oxygen atoms in total. The van der Waals surface area contributed by atoms with Crippen LogP contribution < -0.4 is 16.3 Å². The van der Waals surface area contributed by atoms with Gasteiger partial charge in [0.25, 0.3) is 0 Å². The van der Waals surface area contributed by atoms with Crippen molar-refractivity contribution in [1.82, 2.24) is 43.7 Å². The fourth-order valence-electron chi connectivity index (χ4n) is 9.87. The first-order valence-electron chi connectivity index (χ1n) is 22.0. The molecule has 2 aromatic carbocycles. The van der Waals surface area contributed by atoms with E-state index in [4.69, 9.17) is 0 Å². The summed E-state index contributed by atoms with van der Waals surface area (Å²) in [6, 6.07) is 14.7. The van der Waals surface area contributed by atoms with Gasteiger partial charge in [-0.25, -0.2) is 9.78 Å². The van der Waals surface area contributed by atoms with Gasteiger partial charge in [-0.2, -0.15) is 18.2 Å². The molecular weight excluding hydrogens is 802 g/mol. The molecule has 3 N–H and O–H groups in total. The van der Waals surface area contributed by atoms with E-state index in [0.717, 1.165) is 106 Å². The number of carbonyl (C=O) groups excluding carboxylic acids is 2. The lowest BCUT2D eigenvalue weighted by Gasteiger charge is -2.48. The third-order valence-electron chi connectivity index (χ3n) is 13.5. The number of aromatic nitrogens is 5. The summed E-state index contributed by atoms with van der Waals surface area (Å²) in [6.07, 6.45) is 3.71. The summed E-state index contributed by atoms with van der Waals surface area (Å²) in [4.78, 5) is 54.1. The number of hydrogen-bond acceptors (Lipinski definition) is 10. The second kappa shape index (κ2) is 17.6. The number of aliphatic hydroxyl groups is 1. The molecule has 3 saturated heterocycles. The first-order chi connectivity index (χ1) is 29.9. The van der Waals surface area contributed by atoms with Gasteiger partial charge in [0, 0.05) is 101 Å². The number of anilines is 1. The van der Waals surface area contributed by atoms with Gasteiger partial charge < -0.3 is 19.9 Å². The van der Waals surface area contributed by atoms with Crippen molar-refractivity contribution in [3.05, 3.63) is 76.5 Å². The van der Waals surface area contributed by atoms with Crippen LogP contribution in [0.4, 0.5) is 19.1 Å². The van der Waals surface area contributed by atoms with Gasteiger partial charge in [-0.05, 0) is 80.3 Å². The van der Waals surface area contributed by atoms with Gasteiger partial charge >= 0.3 is 11.9 Å². The number of aryl methyl sites for hydroxylation is 2. The second-order valence-electron chi connectivity index (χ2n) is 17.7. The summed E-state index contributed by atoms with van der Waals surface area (Å²) in [6.45, 7) is 7.84. The highest BCUT2D eigenvalue weighted by atomic mass is 19.4. The van der Waals surface area contributed by atoms with Crippen LogP contribution >= 0.6 is 0 Å². The fourth-order valence-corrected chi connectivity index (χ4v) is 9.87. The summed E-state index contributed by atoms with van der Waals surface area (Å²) in [5.74, 6) is -0.547. The number of likely N-dealkylation sites (tertiary alicyclic amines) is 1. The Morgan fingerprint density at radius 3 is 2.35 bits per heavy atom. The van der Waals surface area contributed by atoms with E-state index in [1.54, 1.807) is 17.8 Å². The quantitative estimate of drug-likeness (QED) is 0.138. The van der Waals surface area contributed by atoms with Crippen LogP contribution in [0.25, 0.3) is 33.2 Å². The minimum Gasteiger partial charge on any atom is -0.393 e. The lowest BCUT2D eigenvalue weighted by molar-refractivity contribution is -0.136. The highest BCUT2D eigenvalue weighted by molar-refractivity contribution is 6.00. The van der Waals surface area contributed by atoms with Crippen LogP contribution in [0, 0.1) is 0 Å². The molecule has 1 aliphatic carbocycles. The van der Waals surface area contributed by atoms with Gasteiger partial charge in [-0.1, -0.05) is 30.3 Å². The lowest BCUT2D eigenvalue weighted by atomic mass is 9.93. The number of nitrogens with one attached hydrogen (secondary N) is 2. The molecule has 1 saturated carbocycles. The van der Waals surface area contributed by atoms with Gasteiger partial charge in [0.15, 0.2) is 0 Å². The number of piperazine rings is 1. The molecule has 1 atom stereocenters. The van der Waals surface area contributed by atoms with Crippen molar-refractivity contribution in [2.24, 2.45) is 7.05 Å². The molecule has 17 heteroatoms. The van der Waals surface area contributed by atoms with E-state index in [1.165, 1.54) is 10.1 Å². The molecule has 5 aromatic rings. The monoisotopic (exact) mass is 856 g/mol. The van der Waals surface area contributed by atoms with Crippen LogP contribution in [0.15, 0.2) is 59.7 Å². The van der Waals surface area contributed by atoms with Crippen molar-refractivity contribution in [2.75, 3.05) is 57.7 Å². The number of halogens is 3. The lowest BCUT2D eigenvalue weighted by Crippen LogP contribution is -2.62. The smallest absolute Gasteiger partial charge is 0.390 e. The first-order valence-corrected chi connectivity index (χ1v) is 22.0. The number of fused-ring (bicyclic) bond motifs is 2. The zero-order chi connectivity index (χ0) is 43.1. The number of alkyl halides is 3. The number of amides is 2. The summed E-state index contributed by atoms with van der Waals surface area (Å²) in [5.41, 5.74) is 6.36. The minimum absolute atomic E-state index is 0.136. The number of benzene rings is 2. The molecule has 6 heterocycles. The average molecular weight is 857 g/mol. The minimum atomic E-state index is -4.26. The van der Waals surface area contributed by atoms with E-state index in [1.807, 2.05) is 12.1 Å². The Kier molecular flexibility index (Phi) is 12.0. The largest absolute Gasteiger partial charge is 0.393 e. The molecule has 330 valence electrons. The molecular formula is C45H55F3N10O4. The van der Waals surface area contributed by atoms with Crippen molar-refractivity contribution >= 4 is 39.8 Å². The first kappa shape index (κ1) is 42.2. The number of carbonyl (C=O) groups is 2. The Hall–Kier alpha value is -5.10. The number of hydrogen-bond donors (Lipinski definition) is 3. The molecule has 9 rings (SSSR count). The number of piperidine rings is 1. The molecule has 3 aliphatic heterocycles. The molecule has 2 amide bonds. The van der Waals surface area contributed by atoms with Crippen LogP contribution in [-0.4, -0.2) is 126 Å². The highest BCUT2D eigenvalue weighted by Crippen LogP contribution is 2.37.